The van der Waals surface area contributed by atoms with Crippen LogP contribution in [0.4, 0.5) is 10.2 Å². The summed E-state index contributed by atoms with van der Waals surface area (Å²) in [4.78, 5) is 62.6. The molecule has 0 spiro atoms. The highest BCUT2D eigenvalue weighted by molar-refractivity contribution is 5.96. The van der Waals surface area contributed by atoms with Gasteiger partial charge in [-0.1, -0.05) is 64.6 Å². The number of benzene rings is 2. The molecule has 1 saturated heterocycles. The first-order chi connectivity index (χ1) is 35.3. The predicted octanol–water partition coefficient (Wildman–Crippen LogP) is 4.76. The lowest BCUT2D eigenvalue weighted by molar-refractivity contribution is -0.142. The second-order valence-electron chi connectivity index (χ2n) is 19.8. The fourth-order valence-electron chi connectivity index (χ4n) is 9.07. The van der Waals surface area contributed by atoms with E-state index in [4.69, 9.17) is 25.0 Å². The average Bonchev–Trinajstić information content (AvgIpc) is 3.97. The molecule has 2 aromatic carbocycles. The van der Waals surface area contributed by atoms with Crippen LogP contribution in [0.2, 0.25) is 0 Å². The van der Waals surface area contributed by atoms with Crippen LogP contribution in [-0.2, 0) is 36.9 Å². The number of carbonyl (C=O) groups is 4. The Labute approximate surface area is 433 Å². The number of nitrogen functional groups attached to an aromatic ring is 1. The van der Waals surface area contributed by atoms with Gasteiger partial charge in [0.2, 0.25) is 17.7 Å². The molecule has 0 unspecified atom stereocenters. The van der Waals surface area contributed by atoms with Crippen molar-refractivity contribution in [3.05, 3.63) is 107 Å². The van der Waals surface area contributed by atoms with Crippen molar-refractivity contribution in [1.29, 1.82) is 5.26 Å². The summed E-state index contributed by atoms with van der Waals surface area (Å²) < 4.78 is 33.5. The zero-order valence-electron chi connectivity index (χ0n) is 43.9. The number of rotatable bonds is 22. The predicted molar refractivity (Wildman–Crippen MR) is 279 cm³/mol. The quantitative estimate of drug-likeness (QED) is 0.0583. The molecule has 4 amide bonds. The van der Waals surface area contributed by atoms with E-state index in [2.05, 4.69) is 44.2 Å². The van der Waals surface area contributed by atoms with Crippen LogP contribution in [-0.4, -0.2) is 133 Å². The molecule has 20 heteroatoms. The van der Waals surface area contributed by atoms with Gasteiger partial charge in [0.25, 0.3) is 5.91 Å². The molecule has 398 valence electrons. The van der Waals surface area contributed by atoms with Gasteiger partial charge in [-0.2, -0.15) is 10.4 Å². The molecule has 0 radical (unpaired) electrons. The number of pyridine rings is 1. The standard InChI is InChI=1S/C54H73FN12O7/c1-10-42(36-14-12-11-13-15-36)63-51(69)44-28-39(31-66(44)53(71)49(54(5,6)7)62-34(3)33(2)58-8)59-20-23-73-25-24-72-22-18-47(68)60-19-21-67-45(29-56)48-37-26-46(50(57)61-30-37)74-35(4)41-27-38(55)16-17-40(41)52(70)65(9)32-43(48)64-67/h11-17,26-27,30,33,35,39,42,44,49,58-59,62H,3,10,18-25,28,31-32H2,1-2,4-9H3,(H2,57,61)(H,60,68)(H,63,69)/t33-,35+,39-,42+,44-,49+/m0/s1. The van der Waals surface area contributed by atoms with Crippen LogP contribution < -0.4 is 37.1 Å². The van der Waals surface area contributed by atoms with E-state index in [-0.39, 0.29) is 105 Å². The van der Waals surface area contributed by atoms with E-state index in [1.807, 2.05) is 72.0 Å². The number of likely N-dealkylation sites (N-methyl/N-ethyl adjacent to an activating group) is 1. The van der Waals surface area contributed by atoms with Gasteiger partial charge in [0.1, 0.15) is 35.8 Å². The third-order valence-electron chi connectivity index (χ3n) is 13.4. The summed E-state index contributed by atoms with van der Waals surface area (Å²) in [7, 11) is 3.43. The highest BCUT2D eigenvalue weighted by Crippen LogP contribution is 2.36. The van der Waals surface area contributed by atoms with Gasteiger partial charge in [-0.3, -0.25) is 23.9 Å². The van der Waals surface area contributed by atoms with Crippen LogP contribution in [0.25, 0.3) is 11.1 Å². The number of ether oxygens (including phenoxy) is 3. The van der Waals surface area contributed by atoms with Gasteiger partial charge in [0, 0.05) is 79.3 Å². The van der Waals surface area contributed by atoms with Gasteiger partial charge in [-0.05, 0) is 69.0 Å². The topological polar surface area (TPSA) is 243 Å². The van der Waals surface area contributed by atoms with E-state index in [1.54, 1.807) is 24.9 Å². The van der Waals surface area contributed by atoms with Crippen molar-refractivity contribution >= 4 is 29.4 Å². The minimum absolute atomic E-state index is 0.00775. The summed E-state index contributed by atoms with van der Waals surface area (Å²) in [5.41, 5.74) is 9.48. The minimum atomic E-state index is -0.770. The zero-order chi connectivity index (χ0) is 53.7. The van der Waals surface area contributed by atoms with Crippen LogP contribution in [0, 0.1) is 22.6 Å². The van der Waals surface area contributed by atoms with Crippen LogP contribution in [0.1, 0.15) is 106 Å². The largest absolute Gasteiger partial charge is 0.482 e. The number of nitrogens with one attached hydrogen (secondary N) is 5. The Morgan fingerprint density at radius 1 is 1.05 bits per heavy atom. The van der Waals surface area contributed by atoms with E-state index in [0.29, 0.717) is 60.6 Å². The molecular weight excluding hydrogens is 948 g/mol. The van der Waals surface area contributed by atoms with Crippen molar-refractivity contribution < 1.29 is 37.8 Å². The third kappa shape index (κ3) is 14.2. The number of hydrogen-bond donors (Lipinski definition) is 6. The monoisotopic (exact) mass is 1020 g/mol. The van der Waals surface area contributed by atoms with Gasteiger partial charge in [-0.25, -0.2) is 9.37 Å². The Balaban J connectivity index is 0.969. The first-order valence-electron chi connectivity index (χ1n) is 25.3. The normalized spacial score (nSPS) is 17.8. The van der Waals surface area contributed by atoms with Gasteiger partial charge in [-0.15, -0.1) is 0 Å². The van der Waals surface area contributed by atoms with Crippen molar-refractivity contribution in [2.45, 2.75) is 110 Å². The van der Waals surface area contributed by atoms with Gasteiger partial charge in [0.05, 0.1) is 51.3 Å². The van der Waals surface area contributed by atoms with Crippen molar-refractivity contribution in [3.63, 3.8) is 0 Å². The van der Waals surface area contributed by atoms with Gasteiger partial charge >= 0.3 is 0 Å². The lowest BCUT2D eigenvalue weighted by Crippen LogP contribution is -2.57. The molecule has 4 aromatic rings. The van der Waals surface area contributed by atoms with Gasteiger partial charge in [0.15, 0.2) is 11.6 Å². The second-order valence-corrected chi connectivity index (χ2v) is 19.8. The Hall–Kier alpha value is -6.92. The van der Waals surface area contributed by atoms with Crippen molar-refractivity contribution in [2.24, 2.45) is 5.41 Å². The summed E-state index contributed by atoms with van der Waals surface area (Å²) in [6.45, 7) is 18.0. The molecular formula is C54H73FN12O7. The van der Waals surface area contributed by atoms with Crippen LogP contribution in [0.3, 0.4) is 0 Å². The van der Waals surface area contributed by atoms with E-state index in [1.165, 1.54) is 34.0 Å². The van der Waals surface area contributed by atoms with E-state index >= 15 is 0 Å². The van der Waals surface area contributed by atoms with Gasteiger partial charge < -0.3 is 56.3 Å². The number of amides is 4. The molecule has 19 nitrogen and oxygen atoms in total. The number of halogens is 1. The van der Waals surface area contributed by atoms with Crippen molar-refractivity contribution in [2.75, 3.05) is 65.9 Å². The third-order valence-corrected chi connectivity index (χ3v) is 13.4. The maximum absolute atomic E-state index is 14.5. The zero-order valence-corrected chi connectivity index (χ0v) is 43.9. The van der Waals surface area contributed by atoms with Crippen LogP contribution in [0.15, 0.2) is 73.1 Å². The fourth-order valence-corrected chi connectivity index (χ4v) is 9.07. The number of fused-ring (bicyclic) bond motifs is 5. The number of carbonyl (C=O) groups excluding carboxylic acids is 4. The Morgan fingerprint density at radius 3 is 2.47 bits per heavy atom. The maximum Gasteiger partial charge on any atom is 0.254 e. The Kier molecular flexibility index (Phi) is 19.7. The molecule has 2 aliphatic heterocycles. The molecule has 6 atom stereocenters. The first kappa shape index (κ1) is 56.4. The average molecular weight is 1020 g/mol. The molecule has 2 bridgehead atoms. The number of aromatic nitrogens is 3. The molecule has 7 N–H and O–H groups in total. The lowest BCUT2D eigenvalue weighted by atomic mass is 9.85. The lowest BCUT2D eigenvalue weighted by Gasteiger charge is -2.37. The summed E-state index contributed by atoms with van der Waals surface area (Å²) in [5.74, 6) is -1.28. The van der Waals surface area contributed by atoms with E-state index < -0.39 is 35.3 Å². The number of nitrogens with two attached hydrogens (primary N) is 1. The molecule has 74 heavy (non-hydrogen) atoms. The van der Waals surface area contributed by atoms with Crippen LogP contribution >= 0.6 is 0 Å². The highest BCUT2D eigenvalue weighted by atomic mass is 19.1. The highest BCUT2D eigenvalue weighted by Gasteiger charge is 2.45. The summed E-state index contributed by atoms with van der Waals surface area (Å²) >= 11 is 0. The van der Waals surface area contributed by atoms with Crippen molar-refractivity contribution in [1.82, 2.24) is 51.1 Å². The smallest absolute Gasteiger partial charge is 0.254 e. The number of hydrogen-bond acceptors (Lipinski definition) is 14. The number of nitriles is 1. The fraction of sp³-hybridized carbons (Fsp3) is 0.500. The first-order valence-corrected chi connectivity index (χ1v) is 25.3. The number of nitrogens with zero attached hydrogens (tertiary/aromatic N) is 6. The molecule has 4 heterocycles. The minimum Gasteiger partial charge on any atom is -0.482 e. The summed E-state index contributed by atoms with van der Waals surface area (Å²) in [5, 5.41) is 31.2. The summed E-state index contributed by atoms with van der Waals surface area (Å²) in [6, 6.07) is 15.8. The molecule has 2 aromatic heterocycles. The number of likely N-dealkylation sites (tertiary alicyclic amines) is 1. The van der Waals surface area contributed by atoms with E-state index in [9.17, 15) is 28.8 Å². The van der Waals surface area contributed by atoms with E-state index in [0.717, 1.165) is 5.56 Å². The van der Waals surface area contributed by atoms with Crippen LogP contribution in [0.5, 0.6) is 5.75 Å². The van der Waals surface area contributed by atoms with Crippen molar-refractivity contribution in [3.8, 4) is 22.9 Å². The Morgan fingerprint density at radius 2 is 1.78 bits per heavy atom. The maximum atomic E-state index is 14.5. The molecule has 0 aliphatic carbocycles. The SMILES string of the molecule is C=C(N[C@H](C(=O)N1C[C@@H](NCCOCCOCCC(=O)NCCn2nc3c(c2C#N)-c2cnc(N)c(c2)O[C@H](C)c2cc(F)ccc2C(=O)N(C)C3)C[C@H]1C(=O)N[C@H](CC)c1ccccc1)C(C)(C)C)[C@H](C)NC. The summed E-state index contributed by atoms with van der Waals surface area (Å²) in [6.07, 6.45) is 1.94. The number of anilines is 1. The Bertz CT molecular complexity index is 2650. The molecule has 2 aliphatic rings. The molecule has 6 rings (SSSR count). The molecule has 0 saturated carbocycles. The second kappa shape index (κ2) is 25.8. The molecule has 1 fully saturated rings.